The summed E-state index contributed by atoms with van der Waals surface area (Å²) in [7, 11) is 0. The second-order valence-corrected chi connectivity index (χ2v) is 4.92. The summed E-state index contributed by atoms with van der Waals surface area (Å²) in [5.74, 6) is -1.91. The lowest BCUT2D eigenvalue weighted by atomic mass is 10.1. The molecule has 7 heteroatoms. The number of rotatable bonds is 5. The van der Waals surface area contributed by atoms with Gasteiger partial charge in [-0.25, -0.2) is 0 Å². The lowest BCUT2D eigenvalue weighted by Crippen LogP contribution is -2.41. The molecule has 2 amide bonds. The highest BCUT2D eigenvalue weighted by Crippen LogP contribution is 2.18. The molecule has 1 aromatic carbocycles. The lowest BCUT2D eigenvalue weighted by Gasteiger charge is -2.20. The molecule has 1 fully saturated rings. The van der Waals surface area contributed by atoms with E-state index in [2.05, 4.69) is 5.32 Å². The van der Waals surface area contributed by atoms with Gasteiger partial charge >= 0.3 is 5.97 Å². The van der Waals surface area contributed by atoms with Crippen LogP contribution in [-0.2, 0) is 9.59 Å². The van der Waals surface area contributed by atoms with Gasteiger partial charge in [0.1, 0.15) is 6.04 Å². The van der Waals surface area contributed by atoms with E-state index >= 15 is 0 Å². The predicted octanol–water partition coefficient (Wildman–Crippen LogP) is 0.273. The van der Waals surface area contributed by atoms with E-state index < -0.39 is 17.9 Å². The molecule has 1 saturated heterocycles. The number of carbonyl (C=O) groups is 3. The molecule has 1 aliphatic rings. The van der Waals surface area contributed by atoms with E-state index in [1.165, 1.54) is 6.07 Å². The Kier molecular flexibility index (Phi) is 4.54. The summed E-state index contributed by atoms with van der Waals surface area (Å²) in [5, 5.41) is 11.7. The molecule has 0 aliphatic carbocycles. The zero-order valence-electron chi connectivity index (χ0n) is 11.4. The van der Waals surface area contributed by atoms with Crippen LogP contribution in [0.5, 0.6) is 0 Å². The van der Waals surface area contributed by atoms with Gasteiger partial charge in [-0.2, -0.15) is 0 Å². The van der Waals surface area contributed by atoms with Crippen molar-refractivity contribution >= 4 is 23.5 Å². The van der Waals surface area contributed by atoms with Crippen LogP contribution in [0, 0.1) is 0 Å². The van der Waals surface area contributed by atoms with Crippen LogP contribution in [0.25, 0.3) is 0 Å². The number of likely N-dealkylation sites (tertiary alicyclic amines) is 1. The van der Waals surface area contributed by atoms with E-state index in [-0.39, 0.29) is 18.0 Å². The summed E-state index contributed by atoms with van der Waals surface area (Å²) in [4.78, 5) is 36.0. The number of carboxylic acids is 1. The number of nitrogens with zero attached hydrogens (tertiary/aromatic N) is 1. The monoisotopic (exact) mass is 291 g/mol. The molecule has 112 valence electrons. The Labute approximate surface area is 121 Å². The highest BCUT2D eigenvalue weighted by molar-refractivity contribution is 6.03. The Morgan fingerprint density at radius 2 is 2.05 bits per heavy atom. The number of primary amides is 1. The van der Waals surface area contributed by atoms with Crippen molar-refractivity contribution in [2.75, 3.05) is 18.4 Å². The molecule has 0 saturated carbocycles. The predicted molar refractivity (Wildman–Crippen MR) is 75.8 cm³/mol. The SMILES string of the molecule is NC(=O)c1ccccc1NC(=O)CN1CCCC1C(=O)O. The number of hydrogen-bond donors (Lipinski definition) is 3. The van der Waals surface area contributed by atoms with E-state index in [1.807, 2.05) is 0 Å². The molecule has 0 spiro atoms. The second-order valence-electron chi connectivity index (χ2n) is 4.92. The molecule has 0 radical (unpaired) electrons. The quantitative estimate of drug-likeness (QED) is 0.721. The molecule has 21 heavy (non-hydrogen) atoms. The fraction of sp³-hybridized carbons (Fsp3) is 0.357. The van der Waals surface area contributed by atoms with Crippen LogP contribution in [0.1, 0.15) is 23.2 Å². The Morgan fingerprint density at radius 3 is 2.71 bits per heavy atom. The third kappa shape index (κ3) is 3.57. The van der Waals surface area contributed by atoms with Gasteiger partial charge in [-0.1, -0.05) is 12.1 Å². The van der Waals surface area contributed by atoms with Gasteiger partial charge in [-0.05, 0) is 31.5 Å². The molecular weight excluding hydrogens is 274 g/mol. The molecule has 1 aromatic rings. The van der Waals surface area contributed by atoms with Crippen molar-refractivity contribution in [1.29, 1.82) is 0 Å². The molecule has 1 unspecified atom stereocenters. The van der Waals surface area contributed by atoms with Gasteiger partial charge in [0.25, 0.3) is 5.91 Å². The summed E-state index contributed by atoms with van der Waals surface area (Å²) < 4.78 is 0. The van der Waals surface area contributed by atoms with Gasteiger partial charge in [0.2, 0.25) is 5.91 Å². The highest BCUT2D eigenvalue weighted by atomic mass is 16.4. The maximum Gasteiger partial charge on any atom is 0.320 e. The van der Waals surface area contributed by atoms with Crippen LogP contribution in [-0.4, -0.2) is 46.9 Å². The maximum absolute atomic E-state index is 12.0. The zero-order chi connectivity index (χ0) is 15.4. The first-order chi connectivity index (χ1) is 9.99. The minimum Gasteiger partial charge on any atom is -0.480 e. The molecule has 1 heterocycles. The fourth-order valence-electron chi connectivity index (χ4n) is 2.48. The normalized spacial score (nSPS) is 18.4. The van der Waals surface area contributed by atoms with Gasteiger partial charge in [0.05, 0.1) is 17.8 Å². The topological polar surface area (TPSA) is 113 Å². The Morgan fingerprint density at radius 1 is 1.33 bits per heavy atom. The number of hydrogen-bond acceptors (Lipinski definition) is 4. The van der Waals surface area contributed by atoms with Crippen molar-refractivity contribution in [2.24, 2.45) is 5.73 Å². The summed E-state index contributed by atoms with van der Waals surface area (Å²) >= 11 is 0. The Balaban J connectivity index is 2.02. The van der Waals surface area contributed by atoms with Crippen LogP contribution in [0.2, 0.25) is 0 Å². The molecule has 7 nitrogen and oxygen atoms in total. The summed E-state index contributed by atoms with van der Waals surface area (Å²) in [6.45, 7) is 0.548. The minimum absolute atomic E-state index is 0.0237. The molecule has 1 atom stereocenters. The fourth-order valence-corrected chi connectivity index (χ4v) is 2.48. The number of carbonyl (C=O) groups excluding carboxylic acids is 2. The summed E-state index contributed by atoms with van der Waals surface area (Å²) in [5.41, 5.74) is 5.80. The van der Waals surface area contributed by atoms with Crippen molar-refractivity contribution in [3.05, 3.63) is 29.8 Å². The summed E-state index contributed by atoms with van der Waals surface area (Å²) in [6, 6.07) is 5.81. The number of anilines is 1. The van der Waals surface area contributed by atoms with E-state index in [9.17, 15) is 14.4 Å². The van der Waals surface area contributed by atoms with Crippen molar-refractivity contribution < 1.29 is 19.5 Å². The van der Waals surface area contributed by atoms with Crippen LogP contribution < -0.4 is 11.1 Å². The van der Waals surface area contributed by atoms with Gasteiger partial charge < -0.3 is 16.2 Å². The molecule has 1 aliphatic heterocycles. The number of para-hydroxylation sites is 1. The van der Waals surface area contributed by atoms with Crippen molar-refractivity contribution in [1.82, 2.24) is 4.90 Å². The van der Waals surface area contributed by atoms with Crippen LogP contribution in [0.15, 0.2) is 24.3 Å². The van der Waals surface area contributed by atoms with Gasteiger partial charge in [0.15, 0.2) is 0 Å². The van der Waals surface area contributed by atoms with E-state index in [0.717, 1.165) is 6.42 Å². The third-order valence-corrected chi connectivity index (χ3v) is 3.46. The van der Waals surface area contributed by atoms with Crippen LogP contribution in [0.4, 0.5) is 5.69 Å². The average Bonchev–Trinajstić information content (AvgIpc) is 2.87. The van der Waals surface area contributed by atoms with Crippen LogP contribution in [0.3, 0.4) is 0 Å². The number of amides is 2. The van der Waals surface area contributed by atoms with Crippen molar-refractivity contribution in [3.8, 4) is 0 Å². The first kappa shape index (κ1) is 15.0. The maximum atomic E-state index is 12.0. The molecule has 0 aromatic heterocycles. The van der Waals surface area contributed by atoms with Crippen molar-refractivity contribution in [2.45, 2.75) is 18.9 Å². The molecular formula is C14H17N3O4. The number of nitrogens with two attached hydrogens (primary N) is 1. The summed E-state index contributed by atoms with van der Waals surface area (Å²) in [6.07, 6.45) is 1.29. The molecule has 4 N–H and O–H groups in total. The van der Waals surface area contributed by atoms with Gasteiger partial charge in [-0.15, -0.1) is 0 Å². The average molecular weight is 291 g/mol. The van der Waals surface area contributed by atoms with E-state index in [1.54, 1.807) is 23.1 Å². The largest absolute Gasteiger partial charge is 0.480 e. The Hall–Kier alpha value is -2.41. The van der Waals surface area contributed by atoms with Crippen LogP contribution >= 0.6 is 0 Å². The van der Waals surface area contributed by atoms with Gasteiger partial charge in [-0.3, -0.25) is 19.3 Å². The standard InChI is InChI=1S/C14H17N3O4/c15-13(19)9-4-1-2-5-10(9)16-12(18)8-17-7-3-6-11(17)14(20)21/h1-2,4-5,11H,3,6-8H2,(H2,15,19)(H,16,18)(H,20,21). The first-order valence-corrected chi connectivity index (χ1v) is 6.64. The smallest absolute Gasteiger partial charge is 0.320 e. The number of nitrogens with one attached hydrogen (secondary N) is 1. The van der Waals surface area contributed by atoms with Gasteiger partial charge in [0, 0.05) is 0 Å². The third-order valence-electron chi connectivity index (χ3n) is 3.46. The Bertz CT molecular complexity index is 573. The second kappa shape index (κ2) is 6.36. The number of benzene rings is 1. The van der Waals surface area contributed by atoms with E-state index in [4.69, 9.17) is 10.8 Å². The zero-order valence-corrected chi connectivity index (χ0v) is 11.4. The number of aliphatic carboxylic acids is 1. The first-order valence-electron chi connectivity index (χ1n) is 6.64. The molecule has 2 rings (SSSR count). The van der Waals surface area contributed by atoms with Crippen molar-refractivity contribution in [3.63, 3.8) is 0 Å². The lowest BCUT2D eigenvalue weighted by molar-refractivity contribution is -0.142. The molecule has 0 bridgehead atoms. The highest BCUT2D eigenvalue weighted by Gasteiger charge is 2.31. The van der Waals surface area contributed by atoms with E-state index in [0.29, 0.717) is 18.7 Å². The number of carboxylic acid groups (broad SMARTS) is 1. The minimum atomic E-state index is -0.919.